The van der Waals surface area contributed by atoms with Crippen LogP contribution in [-0.2, 0) is 23.9 Å². The van der Waals surface area contributed by atoms with Gasteiger partial charge in [-0.05, 0) is 17.7 Å². The van der Waals surface area contributed by atoms with E-state index in [1.807, 2.05) is 6.07 Å². The van der Waals surface area contributed by atoms with Crippen molar-refractivity contribution in [3.8, 4) is 5.75 Å². The summed E-state index contributed by atoms with van der Waals surface area (Å²) in [6.07, 6.45) is -4.08. The summed E-state index contributed by atoms with van der Waals surface area (Å²) in [6, 6.07) is 5.38. The molecule has 0 spiro atoms. The maximum atomic E-state index is 12.6. The van der Waals surface area contributed by atoms with Gasteiger partial charge in [0.15, 0.2) is 11.7 Å². The van der Waals surface area contributed by atoms with E-state index in [4.69, 9.17) is 4.74 Å². The maximum absolute atomic E-state index is 12.6. The number of nitrogens with zero attached hydrogens (tertiary/aromatic N) is 2. The highest BCUT2D eigenvalue weighted by Gasteiger charge is 2.33. The number of nitrogens with one attached hydrogen (secondary N) is 3. The van der Waals surface area contributed by atoms with Gasteiger partial charge >= 0.3 is 6.18 Å². The number of alkyl halides is 3. The largest absolute Gasteiger partial charge is 0.495 e. The zero-order chi connectivity index (χ0) is 21.4. The zero-order valence-corrected chi connectivity index (χ0v) is 19.7. The number of carbonyl (C=O) groups is 1. The molecule has 2 rings (SSSR count). The van der Waals surface area contributed by atoms with Crippen LogP contribution < -0.4 is 20.7 Å². The second kappa shape index (κ2) is 11.9. The standard InChI is InChI=1S/C18H22F3N5O2S.HI/c1-11(27)25-13-8-12(4-5-14(13)28-3)9-24-17(22-2)23-7-6-16-26-15(10-29-16)18(19,20)21;/h4-5,8,10H,6-7,9H2,1-3H3,(H,25,27)(H2,22,23,24);1H. The van der Waals surface area contributed by atoms with Crippen molar-refractivity contribution in [3.63, 3.8) is 0 Å². The van der Waals surface area contributed by atoms with Crippen molar-refractivity contribution in [1.29, 1.82) is 0 Å². The van der Waals surface area contributed by atoms with Crippen molar-refractivity contribution in [3.05, 3.63) is 39.8 Å². The first-order valence-corrected chi connectivity index (χ1v) is 9.51. The van der Waals surface area contributed by atoms with E-state index in [1.165, 1.54) is 14.0 Å². The SMILES string of the molecule is CN=C(NCCc1nc(C(F)(F)F)cs1)NCc1ccc(OC)c(NC(C)=O)c1.I. The number of thiazole rings is 1. The quantitative estimate of drug-likeness (QED) is 0.275. The molecule has 1 aromatic heterocycles. The van der Waals surface area contributed by atoms with E-state index in [2.05, 4.69) is 25.9 Å². The minimum Gasteiger partial charge on any atom is -0.495 e. The Morgan fingerprint density at radius 1 is 1.30 bits per heavy atom. The molecule has 0 fully saturated rings. The van der Waals surface area contributed by atoms with Crippen LogP contribution >= 0.6 is 35.3 Å². The predicted molar refractivity (Wildman–Crippen MR) is 122 cm³/mol. The molecule has 166 valence electrons. The van der Waals surface area contributed by atoms with E-state index in [-0.39, 0.29) is 29.9 Å². The number of anilines is 1. The number of rotatable bonds is 7. The van der Waals surface area contributed by atoms with Crippen LogP contribution in [0.25, 0.3) is 0 Å². The molecule has 0 aliphatic heterocycles. The van der Waals surface area contributed by atoms with Crippen LogP contribution in [0.15, 0.2) is 28.6 Å². The predicted octanol–water partition coefficient (Wildman–Crippen LogP) is 3.65. The Kier molecular flexibility index (Phi) is 10.3. The summed E-state index contributed by atoms with van der Waals surface area (Å²) >= 11 is 0.978. The van der Waals surface area contributed by atoms with Gasteiger partial charge in [-0.25, -0.2) is 4.98 Å². The number of benzene rings is 1. The van der Waals surface area contributed by atoms with Gasteiger partial charge < -0.3 is 20.7 Å². The molecule has 0 aliphatic carbocycles. The number of carbonyl (C=O) groups excluding carboxylic acids is 1. The summed E-state index contributed by atoms with van der Waals surface area (Å²) in [5.74, 6) is 0.837. The van der Waals surface area contributed by atoms with Gasteiger partial charge in [-0.3, -0.25) is 9.79 Å². The third-order valence-electron chi connectivity index (χ3n) is 3.73. The molecule has 1 amide bonds. The molecule has 2 aromatic rings. The number of aliphatic imine (C=N–C) groups is 1. The van der Waals surface area contributed by atoms with E-state index >= 15 is 0 Å². The number of amides is 1. The van der Waals surface area contributed by atoms with Gasteiger partial charge in [-0.2, -0.15) is 13.2 Å². The van der Waals surface area contributed by atoms with Crippen LogP contribution in [0.1, 0.15) is 23.2 Å². The number of hydrogen-bond donors (Lipinski definition) is 3. The molecule has 1 aromatic carbocycles. The van der Waals surface area contributed by atoms with Gasteiger partial charge in [0.1, 0.15) is 5.75 Å². The number of halogens is 4. The summed E-state index contributed by atoms with van der Waals surface area (Å²) in [5.41, 5.74) is 0.577. The fourth-order valence-corrected chi connectivity index (χ4v) is 3.21. The highest BCUT2D eigenvalue weighted by Crippen LogP contribution is 2.30. The van der Waals surface area contributed by atoms with Gasteiger partial charge in [-0.15, -0.1) is 35.3 Å². The van der Waals surface area contributed by atoms with Crippen molar-refractivity contribution in [2.24, 2.45) is 4.99 Å². The second-order valence-corrected chi connectivity index (χ2v) is 6.89. The highest BCUT2D eigenvalue weighted by atomic mass is 127. The molecular formula is C18H23F3IN5O2S. The lowest BCUT2D eigenvalue weighted by atomic mass is 10.2. The van der Waals surface area contributed by atoms with Crippen molar-refractivity contribution in [2.45, 2.75) is 26.1 Å². The summed E-state index contributed by atoms with van der Waals surface area (Å²) in [7, 11) is 3.11. The van der Waals surface area contributed by atoms with Crippen LogP contribution in [0, 0.1) is 0 Å². The summed E-state index contributed by atoms with van der Waals surface area (Å²) < 4.78 is 43.0. The number of guanidine groups is 1. The van der Waals surface area contributed by atoms with Gasteiger partial charge in [0.2, 0.25) is 5.91 Å². The molecule has 0 atom stereocenters. The van der Waals surface area contributed by atoms with Crippen LogP contribution in [-0.4, -0.2) is 37.6 Å². The molecule has 0 unspecified atom stereocenters. The Morgan fingerprint density at radius 2 is 2.03 bits per heavy atom. The lowest BCUT2D eigenvalue weighted by Crippen LogP contribution is -2.37. The average Bonchev–Trinajstić information content (AvgIpc) is 3.13. The van der Waals surface area contributed by atoms with Crippen molar-refractivity contribution in [1.82, 2.24) is 15.6 Å². The molecule has 0 bridgehead atoms. The molecule has 0 aliphatic rings. The number of methoxy groups -OCH3 is 1. The summed E-state index contributed by atoms with van der Waals surface area (Å²) in [5, 5.41) is 10.3. The fraction of sp³-hybridized carbons (Fsp3) is 0.389. The Balaban J connectivity index is 0.00000450. The first-order chi connectivity index (χ1) is 13.7. The van der Waals surface area contributed by atoms with Crippen molar-refractivity contribution < 1.29 is 22.7 Å². The van der Waals surface area contributed by atoms with Crippen molar-refractivity contribution in [2.75, 3.05) is 26.0 Å². The van der Waals surface area contributed by atoms with E-state index in [9.17, 15) is 18.0 Å². The molecule has 12 heteroatoms. The van der Waals surface area contributed by atoms with Gasteiger partial charge in [0.05, 0.1) is 17.8 Å². The fourth-order valence-electron chi connectivity index (χ4n) is 2.40. The van der Waals surface area contributed by atoms with E-state index in [0.717, 1.165) is 22.3 Å². The Morgan fingerprint density at radius 3 is 2.60 bits per heavy atom. The minimum absolute atomic E-state index is 0. The van der Waals surface area contributed by atoms with E-state index in [0.29, 0.717) is 41.9 Å². The topological polar surface area (TPSA) is 87.6 Å². The Bertz CT molecular complexity index is 874. The zero-order valence-electron chi connectivity index (χ0n) is 16.6. The average molecular weight is 557 g/mol. The Hall–Kier alpha value is -2.09. The summed E-state index contributed by atoms with van der Waals surface area (Å²) in [4.78, 5) is 19.0. The number of ether oxygens (including phenoxy) is 1. The first-order valence-electron chi connectivity index (χ1n) is 8.63. The number of aromatic nitrogens is 1. The molecule has 1 heterocycles. The smallest absolute Gasteiger partial charge is 0.434 e. The molecule has 0 saturated heterocycles. The van der Waals surface area contributed by atoms with E-state index < -0.39 is 11.9 Å². The van der Waals surface area contributed by atoms with Gasteiger partial charge in [0, 0.05) is 38.9 Å². The van der Waals surface area contributed by atoms with Crippen molar-refractivity contribution >= 4 is 52.9 Å². The normalized spacial score (nSPS) is 11.5. The van der Waals surface area contributed by atoms with Gasteiger partial charge in [0.25, 0.3) is 0 Å². The molecule has 30 heavy (non-hydrogen) atoms. The lowest BCUT2D eigenvalue weighted by molar-refractivity contribution is -0.140. The van der Waals surface area contributed by atoms with E-state index in [1.54, 1.807) is 19.2 Å². The third kappa shape index (κ3) is 7.97. The molecule has 0 radical (unpaired) electrons. The molecule has 3 N–H and O–H groups in total. The summed E-state index contributed by atoms with van der Waals surface area (Å²) in [6.45, 7) is 2.21. The van der Waals surface area contributed by atoms with Crippen LogP contribution in [0.3, 0.4) is 0 Å². The minimum atomic E-state index is -4.42. The van der Waals surface area contributed by atoms with Crippen LogP contribution in [0.2, 0.25) is 0 Å². The highest BCUT2D eigenvalue weighted by molar-refractivity contribution is 14.0. The monoisotopic (exact) mass is 557 g/mol. The van der Waals surface area contributed by atoms with Gasteiger partial charge in [-0.1, -0.05) is 6.07 Å². The third-order valence-corrected chi connectivity index (χ3v) is 4.64. The van der Waals surface area contributed by atoms with Crippen LogP contribution in [0.5, 0.6) is 5.75 Å². The Labute approximate surface area is 193 Å². The molecule has 0 saturated carbocycles. The molecular weight excluding hydrogens is 534 g/mol. The molecule has 7 nitrogen and oxygen atoms in total. The van der Waals surface area contributed by atoms with Crippen LogP contribution in [0.4, 0.5) is 18.9 Å². The number of hydrogen-bond acceptors (Lipinski definition) is 5. The second-order valence-electron chi connectivity index (χ2n) is 5.94. The maximum Gasteiger partial charge on any atom is 0.434 e. The first kappa shape index (κ1) is 25.9. The lowest BCUT2D eigenvalue weighted by Gasteiger charge is -2.14.